The molecule has 1 amide bonds. The maximum Gasteiger partial charge on any atom is 0.251 e. The minimum absolute atomic E-state index is 0.00271. The summed E-state index contributed by atoms with van der Waals surface area (Å²) in [6, 6.07) is 4.08. The van der Waals surface area contributed by atoms with Gasteiger partial charge in [-0.1, -0.05) is 31.5 Å². The number of carbonyl (C=O) groups excluding carboxylic acids is 1. The summed E-state index contributed by atoms with van der Waals surface area (Å²) in [5, 5.41) is 11.9. The van der Waals surface area contributed by atoms with Crippen LogP contribution < -0.4 is 5.32 Å². The van der Waals surface area contributed by atoms with Gasteiger partial charge in [0.1, 0.15) is 0 Å². The minimum atomic E-state index is -0.00271. The summed E-state index contributed by atoms with van der Waals surface area (Å²) in [7, 11) is 0. The summed E-state index contributed by atoms with van der Waals surface area (Å²) in [6.45, 7) is 11.0. The number of carbonyl (C=O) groups is 1. The summed E-state index contributed by atoms with van der Waals surface area (Å²) in [6.07, 6.45) is 1.67. The Balaban J connectivity index is 2.73. The molecule has 2 N–H and O–H groups in total. The average Bonchev–Trinajstić information content (AvgIpc) is 2.33. The van der Waals surface area contributed by atoms with Crippen molar-refractivity contribution >= 4 is 5.91 Å². The van der Waals surface area contributed by atoms with E-state index in [-0.39, 0.29) is 17.9 Å². The lowest BCUT2D eigenvalue weighted by Crippen LogP contribution is -2.34. The standard InChI is InChI=1S/C17H27NO2/c1-12-9-13(2)15(14(3)10-12)16(20)18-11-17(4,5)7-6-8-19/h9-10,19H,6-8,11H2,1-5H3,(H,18,20). The third-order valence-electron chi connectivity index (χ3n) is 3.64. The highest BCUT2D eigenvalue weighted by Gasteiger charge is 2.20. The van der Waals surface area contributed by atoms with Crippen molar-refractivity contribution in [2.24, 2.45) is 5.41 Å². The third-order valence-corrected chi connectivity index (χ3v) is 3.64. The van der Waals surface area contributed by atoms with E-state index in [0.717, 1.165) is 29.5 Å². The zero-order valence-electron chi connectivity index (χ0n) is 13.3. The zero-order valence-corrected chi connectivity index (χ0v) is 13.3. The van der Waals surface area contributed by atoms with Crippen molar-refractivity contribution in [3.05, 3.63) is 34.4 Å². The maximum atomic E-state index is 12.4. The van der Waals surface area contributed by atoms with Gasteiger partial charge in [0.25, 0.3) is 5.91 Å². The Kier molecular flexibility index (Phi) is 5.75. The van der Waals surface area contributed by atoms with Gasteiger partial charge in [-0.2, -0.15) is 0 Å². The predicted molar refractivity (Wildman–Crippen MR) is 83.1 cm³/mol. The van der Waals surface area contributed by atoms with Crippen LogP contribution in [0.3, 0.4) is 0 Å². The Morgan fingerprint density at radius 3 is 2.25 bits per heavy atom. The van der Waals surface area contributed by atoms with Crippen molar-refractivity contribution in [3.63, 3.8) is 0 Å². The number of hydrogen-bond donors (Lipinski definition) is 2. The molecular formula is C17H27NO2. The van der Waals surface area contributed by atoms with Gasteiger partial charge in [-0.05, 0) is 50.2 Å². The molecule has 3 nitrogen and oxygen atoms in total. The number of benzene rings is 1. The number of amides is 1. The molecule has 3 heteroatoms. The van der Waals surface area contributed by atoms with E-state index in [2.05, 4.69) is 19.2 Å². The first-order valence-corrected chi connectivity index (χ1v) is 7.24. The second-order valence-electron chi connectivity index (χ2n) is 6.45. The van der Waals surface area contributed by atoms with Gasteiger partial charge in [-0.15, -0.1) is 0 Å². The van der Waals surface area contributed by atoms with Gasteiger partial charge in [-0.3, -0.25) is 4.79 Å². The Hall–Kier alpha value is -1.35. The molecule has 1 aromatic rings. The molecule has 0 saturated heterocycles. The van der Waals surface area contributed by atoms with Crippen LogP contribution in [0.5, 0.6) is 0 Å². The summed E-state index contributed by atoms with van der Waals surface area (Å²) < 4.78 is 0. The van der Waals surface area contributed by atoms with Gasteiger partial charge in [0, 0.05) is 18.7 Å². The molecule has 0 radical (unpaired) electrons. The van der Waals surface area contributed by atoms with Gasteiger partial charge in [0.2, 0.25) is 0 Å². The van der Waals surface area contributed by atoms with Crippen LogP contribution in [0.1, 0.15) is 53.7 Å². The van der Waals surface area contributed by atoms with Crippen LogP contribution in [-0.2, 0) is 0 Å². The molecule has 0 fully saturated rings. The molecule has 0 aromatic heterocycles. The lowest BCUT2D eigenvalue weighted by molar-refractivity contribution is 0.0931. The van der Waals surface area contributed by atoms with E-state index in [4.69, 9.17) is 5.11 Å². The van der Waals surface area contributed by atoms with E-state index in [1.165, 1.54) is 5.56 Å². The Labute approximate surface area is 122 Å². The van der Waals surface area contributed by atoms with Gasteiger partial charge < -0.3 is 10.4 Å². The number of rotatable bonds is 6. The first kappa shape index (κ1) is 16.7. The van der Waals surface area contributed by atoms with Gasteiger partial charge in [0.05, 0.1) is 0 Å². The van der Waals surface area contributed by atoms with Crippen molar-refractivity contribution in [2.45, 2.75) is 47.5 Å². The largest absolute Gasteiger partial charge is 0.396 e. The highest BCUT2D eigenvalue weighted by Crippen LogP contribution is 2.22. The summed E-state index contributed by atoms with van der Waals surface area (Å²) in [5.74, 6) is -0.00271. The van der Waals surface area contributed by atoms with Gasteiger partial charge in [0.15, 0.2) is 0 Å². The topological polar surface area (TPSA) is 49.3 Å². The quantitative estimate of drug-likeness (QED) is 0.839. The highest BCUT2D eigenvalue weighted by atomic mass is 16.2. The number of hydrogen-bond acceptors (Lipinski definition) is 2. The molecule has 0 aliphatic heterocycles. The normalized spacial score (nSPS) is 11.5. The minimum Gasteiger partial charge on any atom is -0.396 e. The summed E-state index contributed by atoms with van der Waals surface area (Å²) in [5.41, 5.74) is 4.01. The molecule has 0 aliphatic rings. The Morgan fingerprint density at radius 2 is 1.75 bits per heavy atom. The SMILES string of the molecule is Cc1cc(C)c(C(=O)NCC(C)(C)CCCO)c(C)c1. The fraction of sp³-hybridized carbons (Fsp3) is 0.588. The molecule has 20 heavy (non-hydrogen) atoms. The van der Waals surface area contributed by atoms with E-state index in [1.807, 2.05) is 32.9 Å². The third kappa shape index (κ3) is 4.64. The van der Waals surface area contributed by atoms with E-state index < -0.39 is 0 Å². The Morgan fingerprint density at radius 1 is 1.20 bits per heavy atom. The van der Waals surface area contributed by atoms with Crippen molar-refractivity contribution in [1.82, 2.24) is 5.32 Å². The predicted octanol–water partition coefficient (Wildman–Crippen LogP) is 3.14. The molecule has 0 atom stereocenters. The molecule has 0 unspecified atom stereocenters. The van der Waals surface area contributed by atoms with Crippen LogP contribution in [0.15, 0.2) is 12.1 Å². The number of nitrogens with one attached hydrogen (secondary N) is 1. The number of aliphatic hydroxyl groups is 1. The fourth-order valence-electron chi connectivity index (χ4n) is 2.59. The molecule has 112 valence electrons. The van der Waals surface area contributed by atoms with Gasteiger partial charge >= 0.3 is 0 Å². The van der Waals surface area contributed by atoms with Gasteiger partial charge in [-0.25, -0.2) is 0 Å². The summed E-state index contributed by atoms with van der Waals surface area (Å²) >= 11 is 0. The van der Waals surface area contributed by atoms with Crippen LogP contribution in [0.2, 0.25) is 0 Å². The maximum absolute atomic E-state index is 12.4. The zero-order chi connectivity index (χ0) is 15.3. The van der Waals surface area contributed by atoms with E-state index >= 15 is 0 Å². The van der Waals surface area contributed by atoms with Crippen molar-refractivity contribution < 1.29 is 9.90 Å². The first-order valence-electron chi connectivity index (χ1n) is 7.24. The van der Waals surface area contributed by atoms with Crippen molar-refractivity contribution in [1.29, 1.82) is 0 Å². The van der Waals surface area contributed by atoms with Crippen LogP contribution in [-0.4, -0.2) is 24.2 Å². The monoisotopic (exact) mass is 277 g/mol. The van der Waals surface area contributed by atoms with Crippen LogP contribution in [0, 0.1) is 26.2 Å². The molecule has 0 saturated carbocycles. The lowest BCUT2D eigenvalue weighted by Gasteiger charge is -2.25. The van der Waals surface area contributed by atoms with E-state index in [9.17, 15) is 4.79 Å². The van der Waals surface area contributed by atoms with Crippen molar-refractivity contribution in [2.75, 3.05) is 13.2 Å². The smallest absolute Gasteiger partial charge is 0.251 e. The molecule has 0 bridgehead atoms. The highest BCUT2D eigenvalue weighted by molar-refractivity contribution is 5.97. The second-order valence-corrected chi connectivity index (χ2v) is 6.45. The first-order chi connectivity index (χ1) is 9.26. The lowest BCUT2D eigenvalue weighted by atomic mass is 9.87. The molecule has 1 aromatic carbocycles. The summed E-state index contributed by atoms with van der Waals surface area (Å²) in [4.78, 5) is 12.4. The fourth-order valence-corrected chi connectivity index (χ4v) is 2.59. The number of aryl methyl sites for hydroxylation is 3. The Bertz CT molecular complexity index is 455. The average molecular weight is 277 g/mol. The molecule has 0 spiro atoms. The van der Waals surface area contributed by atoms with E-state index in [0.29, 0.717) is 6.54 Å². The van der Waals surface area contributed by atoms with E-state index in [1.54, 1.807) is 0 Å². The number of aliphatic hydroxyl groups excluding tert-OH is 1. The van der Waals surface area contributed by atoms with Crippen LogP contribution in [0.25, 0.3) is 0 Å². The molecule has 0 aliphatic carbocycles. The second kappa shape index (κ2) is 6.89. The van der Waals surface area contributed by atoms with Crippen LogP contribution >= 0.6 is 0 Å². The van der Waals surface area contributed by atoms with Crippen molar-refractivity contribution in [3.8, 4) is 0 Å². The molecule has 1 rings (SSSR count). The van der Waals surface area contributed by atoms with Crippen LogP contribution in [0.4, 0.5) is 0 Å². The molecular weight excluding hydrogens is 250 g/mol. The molecule has 0 heterocycles.